The highest BCUT2D eigenvalue weighted by atomic mass is 16.5. The minimum Gasteiger partial charge on any atom is -0.381 e. The zero-order chi connectivity index (χ0) is 19.7. The lowest BCUT2D eigenvalue weighted by molar-refractivity contribution is -0.0390. The van der Waals surface area contributed by atoms with E-state index in [9.17, 15) is 0 Å². The summed E-state index contributed by atoms with van der Waals surface area (Å²) in [6, 6.07) is 8.64. The zero-order valence-corrected chi connectivity index (χ0v) is 17.6. The maximum atomic E-state index is 6.00. The van der Waals surface area contributed by atoms with Crippen LogP contribution < -0.4 is 10.6 Å². The maximum absolute atomic E-state index is 6.00. The summed E-state index contributed by atoms with van der Waals surface area (Å²) < 4.78 is 11.4. The van der Waals surface area contributed by atoms with E-state index in [0.29, 0.717) is 24.7 Å². The Kier molecular flexibility index (Phi) is 8.16. The monoisotopic (exact) mass is 387 g/mol. The molecule has 0 radical (unpaired) electrons. The zero-order valence-electron chi connectivity index (χ0n) is 17.6. The number of guanidine groups is 1. The summed E-state index contributed by atoms with van der Waals surface area (Å²) in [5.74, 6) is 0.925. The van der Waals surface area contributed by atoms with Crippen molar-refractivity contribution in [3.63, 3.8) is 0 Å². The van der Waals surface area contributed by atoms with E-state index in [-0.39, 0.29) is 0 Å². The Morgan fingerprint density at radius 1 is 1.11 bits per heavy atom. The minimum absolute atomic E-state index is 0.342. The predicted octanol–water partition coefficient (Wildman–Crippen LogP) is 4.02. The molecule has 156 valence electrons. The highest BCUT2D eigenvalue weighted by molar-refractivity contribution is 5.79. The van der Waals surface area contributed by atoms with Gasteiger partial charge in [0.25, 0.3) is 0 Å². The molecular formula is C23H37N3O2. The van der Waals surface area contributed by atoms with Gasteiger partial charge in [-0.25, -0.2) is 4.99 Å². The topological polar surface area (TPSA) is 54.9 Å². The molecule has 3 rings (SSSR count). The summed E-state index contributed by atoms with van der Waals surface area (Å²) in [7, 11) is 0. The average molecular weight is 388 g/mol. The smallest absolute Gasteiger partial charge is 0.191 e. The Morgan fingerprint density at radius 2 is 1.82 bits per heavy atom. The molecular weight excluding hydrogens is 350 g/mol. The second-order valence-corrected chi connectivity index (χ2v) is 8.20. The predicted molar refractivity (Wildman–Crippen MR) is 114 cm³/mol. The van der Waals surface area contributed by atoms with E-state index in [1.807, 2.05) is 0 Å². The molecule has 1 aliphatic carbocycles. The fourth-order valence-electron chi connectivity index (χ4n) is 3.91. The van der Waals surface area contributed by atoms with Crippen LogP contribution in [-0.4, -0.2) is 38.4 Å². The Balaban J connectivity index is 1.46. The van der Waals surface area contributed by atoms with Gasteiger partial charge in [0.2, 0.25) is 0 Å². The number of benzene rings is 1. The Morgan fingerprint density at radius 3 is 2.43 bits per heavy atom. The highest BCUT2D eigenvalue weighted by Crippen LogP contribution is 2.42. The third kappa shape index (κ3) is 6.21. The average Bonchev–Trinajstić information content (AvgIpc) is 2.71. The van der Waals surface area contributed by atoms with Crippen LogP contribution in [0.4, 0.5) is 0 Å². The van der Waals surface area contributed by atoms with Crippen LogP contribution in [0, 0.1) is 5.41 Å². The van der Waals surface area contributed by atoms with E-state index in [0.717, 1.165) is 45.1 Å². The van der Waals surface area contributed by atoms with Crippen LogP contribution in [0.3, 0.4) is 0 Å². The Bertz CT molecular complexity index is 599. The second kappa shape index (κ2) is 10.8. The standard InChI is InChI=1S/C23H37N3O2/c1-3-23(12-5-13-23)18-26-22(24-4-2)25-16-19-6-8-20(9-7-19)17-28-21-10-14-27-15-11-21/h6-9,21H,3-5,10-18H2,1-2H3,(H2,24,25,26). The summed E-state index contributed by atoms with van der Waals surface area (Å²) in [4.78, 5) is 4.78. The van der Waals surface area contributed by atoms with Gasteiger partial charge in [0.15, 0.2) is 5.96 Å². The van der Waals surface area contributed by atoms with Gasteiger partial charge in [-0.2, -0.15) is 0 Å². The summed E-state index contributed by atoms with van der Waals surface area (Å²) in [5, 5.41) is 6.94. The van der Waals surface area contributed by atoms with E-state index in [2.05, 4.69) is 48.7 Å². The molecule has 2 fully saturated rings. The fourth-order valence-corrected chi connectivity index (χ4v) is 3.91. The molecule has 0 atom stereocenters. The normalized spacial score (nSPS) is 19.9. The molecule has 0 amide bonds. The molecule has 1 aromatic carbocycles. The molecule has 5 heteroatoms. The van der Waals surface area contributed by atoms with Crippen LogP contribution >= 0.6 is 0 Å². The fraction of sp³-hybridized carbons (Fsp3) is 0.696. The Labute approximate surface area is 170 Å². The van der Waals surface area contributed by atoms with Gasteiger partial charge in [0.1, 0.15) is 0 Å². The second-order valence-electron chi connectivity index (χ2n) is 8.20. The largest absolute Gasteiger partial charge is 0.381 e. The molecule has 0 bridgehead atoms. The number of hydrogen-bond acceptors (Lipinski definition) is 3. The van der Waals surface area contributed by atoms with Crippen LogP contribution in [0.2, 0.25) is 0 Å². The highest BCUT2D eigenvalue weighted by Gasteiger charge is 2.34. The van der Waals surface area contributed by atoms with E-state index >= 15 is 0 Å². The Hall–Kier alpha value is -1.59. The van der Waals surface area contributed by atoms with Crippen molar-refractivity contribution in [1.82, 2.24) is 10.6 Å². The molecule has 0 unspecified atom stereocenters. The van der Waals surface area contributed by atoms with E-state index in [4.69, 9.17) is 14.5 Å². The van der Waals surface area contributed by atoms with Gasteiger partial charge in [0.05, 0.1) is 19.3 Å². The number of hydrogen-bond donors (Lipinski definition) is 2. The first-order chi connectivity index (χ1) is 13.7. The first kappa shape index (κ1) is 21.1. The van der Waals surface area contributed by atoms with Gasteiger partial charge < -0.3 is 20.1 Å². The van der Waals surface area contributed by atoms with Crippen molar-refractivity contribution >= 4 is 5.96 Å². The maximum Gasteiger partial charge on any atom is 0.191 e. The van der Waals surface area contributed by atoms with Crippen molar-refractivity contribution in [2.24, 2.45) is 10.4 Å². The molecule has 1 saturated heterocycles. The number of rotatable bonds is 9. The first-order valence-corrected chi connectivity index (χ1v) is 11.0. The van der Waals surface area contributed by atoms with Gasteiger partial charge in [-0.15, -0.1) is 0 Å². The lowest BCUT2D eigenvalue weighted by Crippen LogP contribution is -2.46. The first-order valence-electron chi connectivity index (χ1n) is 11.0. The van der Waals surface area contributed by atoms with Crippen LogP contribution in [0.1, 0.15) is 63.5 Å². The van der Waals surface area contributed by atoms with E-state index in [1.54, 1.807) is 0 Å². The molecule has 1 saturated carbocycles. The molecule has 0 spiro atoms. The van der Waals surface area contributed by atoms with Crippen LogP contribution in [-0.2, 0) is 22.6 Å². The van der Waals surface area contributed by atoms with E-state index in [1.165, 1.54) is 36.8 Å². The summed E-state index contributed by atoms with van der Waals surface area (Å²) in [5.41, 5.74) is 2.93. The van der Waals surface area contributed by atoms with Crippen molar-refractivity contribution in [1.29, 1.82) is 0 Å². The summed E-state index contributed by atoms with van der Waals surface area (Å²) in [6.45, 7) is 9.34. The van der Waals surface area contributed by atoms with Crippen LogP contribution in [0.15, 0.2) is 29.3 Å². The van der Waals surface area contributed by atoms with Crippen LogP contribution in [0.5, 0.6) is 0 Å². The number of nitrogens with one attached hydrogen (secondary N) is 2. The third-order valence-corrected chi connectivity index (χ3v) is 6.24. The van der Waals surface area contributed by atoms with Gasteiger partial charge in [-0.1, -0.05) is 37.6 Å². The van der Waals surface area contributed by atoms with Crippen molar-refractivity contribution < 1.29 is 9.47 Å². The van der Waals surface area contributed by atoms with Crippen molar-refractivity contribution in [2.75, 3.05) is 26.3 Å². The van der Waals surface area contributed by atoms with Crippen molar-refractivity contribution in [3.05, 3.63) is 35.4 Å². The van der Waals surface area contributed by atoms with Crippen LogP contribution in [0.25, 0.3) is 0 Å². The molecule has 1 heterocycles. The molecule has 5 nitrogen and oxygen atoms in total. The lowest BCUT2D eigenvalue weighted by atomic mass is 9.67. The van der Waals surface area contributed by atoms with E-state index < -0.39 is 0 Å². The van der Waals surface area contributed by atoms with Crippen molar-refractivity contribution in [2.45, 2.75) is 71.6 Å². The summed E-state index contributed by atoms with van der Waals surface area (Å²) in [6.07, 6.45) is 7.65. The van der Waals surface area contributed by atoms with Gasteiger partial charge in [-0.3, -0.25) is 0 Å². The molecule has 0 aromatic heterocycles. The summed E-state index contributed by atoms with van der Waals surface area (Å²) >= 11 is 0. The molecule has 2 aliphatic rings. The van der Waals surface area contributed by atoms with Crippen molar-refractivity contribution in [3.8, 4) is 0 Å². The third-order valence-electron chi connectivity index (χ3n) is 6.24. The van der Waals surface area contributed by atoms with Gasteiger partial charge >= 0.3 is 0 Å². The van der Waals surface area contributed by atoms with Gasteiger partial charge in [-0.05, 0) is 55.6 Å². The minimum atomic E-state index is 0.342. The SMILES string of the molecule is CCNC(=NCc1ccc(COC2CCOCC2)cc1)NCC1(CC)CCC1. The van der Waals surface area contributed by atoms with Gasteiger partial charge in [0, 0.05) is 26.3 Å². The molecule has 2 N–H and O–H groups in total. The quantitative estimate of drug-likeness (QED) is 0.496. The molecule has 1 aliphatic heterocycles. The number of ether oxygens (including phenoxy) is 2. The lowest BCUT2D eigenvalue weighted by Gasteiger charge is -2.41. The number of nitrogens with zero attached hydrogens (tertiary/aromatic N) is 1. The number of aliphatic imine (C=N–C) groups is 1. The molecule has 28 heavy (non-hydrogen) atoms. The molecule has 1 aromatic rings.